The van der Waals surface area contributed by atoms with E-state index in [1.54, 1.807) is 0 Å². The normalized spacial score (nSPS) is 12.2. The highest BCUT2D eigenvalue weighted by atomic mass is 32.2. The number of pyridine rings is 1. The first-order valence-corrected chi connectivity index (χ1v) is 7.50. The third kappa shape index (κ3) is 4.46. The van der Waals surface area contributed by atoms with E-state index in [0.29, 0.717) is 6.04 Å². The Bertz CT molecular complexity index is 330. The first-order valence-electron chi connectivity index (χ1n) is 6.10. The van der Waals surface area contributed by atoms with E-state index in [4.69, 9.17) is 0 Å². The molecular weight excluding hydrogens is 230 g/mol. The lowest BCUT2D eigenvalue weighted by Crippen LogP contribution is -2.29. The predicted octanol–water partition coefficient (Wildman–Crippen LogP) is 3.09. The summed E-state index contributed by atoms with van der Waals surface area (Å²) in [6.07, 6.45) is 5.23. The van der Waals surface area contributed by atoms with Gasteiger partial charge < -0.3 is 10.2 Å². The molecule has 1 unspecified atom stereocenters. The Morgan fingerprint density at radius 1 is 1.53 bits per heavy atom. The largest absolute Gasteiger partial charge is 0.372 e. The van der Waals surface area contributed by atoms with Gasteiger partial charge >= 0.3 is 0 Å². The molecule has 1 heterocycles. The van der Waals surface area contributed by atoms with Gasteiger partial charge in [-0.2, -0.15) is 11.8 Å². The Balaban J connectivity index is 2.66. The Hall–Kier alpha value is -0.900. The number of nitrogens with one attached hydrogen (secondary N) is 1. The van der Waals surface area contributed by atoms with Crippen LogP contribution in [0.2, 0.25) is 0 Å². The fourth-order valence-corrected chi connectivity index (χ4v) is 2.23. The summed E-state index contributed by atoms with van der Waals surface area (Å²) >= 11 is 1.90. The van der Waals surface area contributed by atoms with Gasteiger partial charge in [-0.1, -0.05) is 0 Å². The van der Waals surface area contributed by atoms with Crippen molar-refractivity contribution in [2.24, 2.45) is 0 Å². The molecule has 0 fully saturated rings. The quantitative estimate of drug-likeness (QED) is 0.808. The molecule has 3 nitrogen and oxygen atoms in total. The Morgan fingerprint density at radius 2 is 2.29 bits per heavy atom. The van der Waals surface area contributed by atoms with E-state index >= 15 is 0 Å². The average Bonchev–Trinajstić information content (AvgIpc) is 2.35. The lowest BCUT2D eigenvalue weighted by Gasteiger charge is -2.27. The topological polar surface area (TPSA) is 28.2 Å². The van der Waals surface area contributed by atoms with Crippen LogP contribution in [0.4, 0.5) is 11.5 Å². The van der Waals surface area contributed by atoms with Crippen LogP contribution in [0.25, 0.3) is 0 Å². The summed E-state index contributed by atoms with van der Waals surface area (Å²) < 4.78 is 0. The minimum absolute atomic E-state index is 0.555. The molecule has 0 spiro atoms. The van der Waals surface area contributed by atoms with Crippen LogP contribution in [0.1, 0.15) is 20.3 Å². The smallest absolute Gasteiger partial charge is 0.127 e. The van der Waals surface area contributed by atoms with E-state index in [0.717, 1.165) is 12.4 Å². The van der Waals surface area contributed by atoms with Crippen molar-refractivity contribution in [2.75, 3.05) is 35.8 Å². The zero-order chi connectivity index (χ0) is 12.7. The van der Waals surface area contributed by atoms with Crippen molar-refractivity contribution in [1.82, 2.24) is 4.98 Å². The molecule has 0 aliphatic carbocycles. The number of anilines is 2. The lowest BCUT2D eigenvalue weighted by molar-refractivity contribution is 0.669. The fraction of sp³-hybridized carbons (Fsp3) is 0.615. The van der Waals surface area contributed by atoms with Crippen molar-refractivity contribution >= 4 is 23.3 Å². The minimum Gasteiger partial charge on any atom is -0.372 e. The maximum atomic E-state index is 4.29. The molecule has 0 aromatic carbocycles. The molecule has 17 heavy (non-hydrogen) atoms. The van der Waals surface area contributed by atoms with Crippen molar-refractivity contribution < 1.29 is 0 Å². The monoisotopic (exact) mass is 253 g/mol. The SMILES string of the molecule is CCNc1cc(N(C)C(C)CCSC)ccn1. The van der Waals surface area contributed by atoms with E-state index in [1.807, 2.05) is 18.0 Å². The summed E-state index contributed by atoms with van der Waals surface area (Å²) in [5.41, 5.74) is 1.23. The van der Waals surface area contributed by atoms with E-state index in [2.05, 4.69) is 54.5 Å². The number of hydrogen-bond acceptors (Lipinski definition) is 4. The molecule has 0 radical (unpaired) electrons. The molecule has 0 aliphatic rings. The summed E-state index contributed by atoms with van der Waals surface area (Å²) in [5.74, 6) is 2.16. The predicted molar refractivity (Wildman–Crippen MR) is 79.3 cm³/mol. The Morgan fingerprint density at radius 3 is 2.94 bits per heavy atom. The average molecular weight is 253 g/mol. The van der Waals surface area contributed by atoms with Crippen LogP contribution in [0, 0.1) is 0 Å². The van der Waals surface area contributed by atoms with Crippen molar-refractivity contribution in [3.8, 4) is 0 Å². The Labute approximate surface area is 109 Å². The zero-order valence-corrected chi connectivity index (χ0v) is 12.0. The summed E-state index contributed by atoms with van der Waals surface area (Å²) in [5, 5.41) is 3.24. The van der Waals surface area contributed by atoms with Gasteiger partial charge in [0.2, 0.25) is 0 Å². The molecule has 0 bridgehead atoms. The van der Waals surface area contributed by atoms with Crippen molar-refractivity contribution in [2.45, 2.75) is 26.3 Å². The van der Waals surface area contributed by atoms with Gasteiger partial charge in [-0.05, 0) is 38.3 Å². The van der Waals surface area contributed by atoms with Crippen LogP contribution in [-0.2, 0) is 0 Å². The molecule has 0 amide bonds. The van der Waals surface area contributed by atoms with Gasteiger partial charge in [0.05, 0.1) is 0 Å². The molecule has 1 atom stereocenters. The fourth-order valence-electron chi connectivity index (χ4n) is 1.65. The molecular formula is C13H23N3S. The molecule has 1 aromatic heterocycles. The second-order valence-corrected chi connectivity index (χ2v) is 5.16. The Kier molecular flexibility index (Phi) is 6.19. The van der Waals surface area contributed by atoms with Crippen LogP contribution < -0.4 is 10.2 Å². The van der Waals surface area contributed by atoms with Gasteiger partial charge in [0.25, 0.3) is 0 Å². The van der Waals surface area contributed by atoms with Gasteiger partial charge in [-0.3, -0.25) is 0 Å². The van der Waals surface area contributed by atoms with Crippen molar-refractivity contribution in [3.05, 3.63) is 18.3 Å². The lowest BCUT2D eigenvalue weighted by atomic mass is 10.2. The van der Waals surface area contributed by atoms with Gasteiger partial charge in [0.1, 0.15) is 5.82 Å². The molecule has 1 N–H and O–H groups in total. The van der Waals surface area contributed by atoms with Crippen molar-refractivity contribution in [1.29, 1.82) is 0 Å². The van der Waals surface area contributed by atoms with Crippen molar-refractivity contribution in [3.63, 3.8) is 0 Å². The summed E-state index contributed by atoms with van der Waals surface area (Å²) in [4.78, 5) is 6.61. The molecule has 0 saturated carbocycles. The third-order valence-corrected chi connectivity index (χ3v) is 3.55. The molecule has 4 heteroatoms. The maximum absolute atomic E-state index is 4.29. The van der Waals surface area contributed by atoms with Crippen LogP contribution in [-0.4, -0.2) is 36.6 Å². The molecule has 0 aliphatic heterocycles. The molecule has 0 saturated heterocycles. The van der Waals surface area contributed by atoms with E-state index in [-0.39, 0.29) is 0 Å². The maximum Gasteiger partial charge on any atom is 0.127 e. The second kappa shape index (κ2) is 7.43. The number of hydrogen-bond donors (Lipinski definition) is 1. The zero-order valence-electron chi connectivity index (χ0n) is 11.2. The van der Waals surface area contributed by atoms with Crippen LogP contribution in [0.5, 0.6) is 0 Å². The summed E-state index contributed by atoms with van der Waals surface area (Å²) in [6.45, 7) is 5.25. The van der Waals surface area contributed by atoms with Gasteiger partial charge in [0, 0.05) is 37.6 Å². The number of nitrogens with zero attached hydrogens (tertiary/aromatic N) is 2. The van der Waals surface area contributed by atoms with Gasteiger partial charge in [0.15, 0.2) is 0 Å². The third-order valence-electron chi connectivity index (χ3n) is 2.91. The first kappa shape index (κ1) is 14.2. The number of aromatic nitrogens is 1. The van der Waals surface area contributed by atoms with Crippen LogP contribution >= 0.6 is 11.8 Å². The van der Waals surface area contributed by atoms with E-state index in [1.165, 1.54) is 17.9 Å². The highest BCUT2D eigenvalue weighted by molar-refractivity contribution is 7.98. The van der Waals surface area contributed by atoms with E-state index < -0.39 is 0 Å². The highest BCUT2D eigenvalue weighted by Crippen LogP contribution is 2.19. The molecule has 1 aromatic rings. The van der Waals surface area contributed by atoms with Gasteiger partial charge in [-0.25, -0.2) is 4.98 Å². The number of rotatable bonds is 7. The van der Waals surface area contributed by atoms with E-state index in [9.17, 15) is 0 Å². The van der Waals surface area contributed by atoms with Gasteiger partial charge in [-0.15, -0.1) is 0 Å². The summed E-state index contributed by atoms with van der Waals surface area (Å²) in [6, 6.07) is 4.73. The highest BCUT2D eigenvalue weighted by Gasteiger charge is 2.10. The molecule has 96 valence electrons. The second-order valence-electron chi connectivity index (χ2n) is 4.17. The standard InChI is InChI=1S/C13H23N3S/c1-5-14-13-10-12(6-8-15-13)16(3)11(2)7-9-17-4/h6,8,10-11H,5,7,9H2,1-4H3,(H,14,15). The van der Waals surface area contributed by atoms with Crippen LogP contribution in [0.3, 0.4) is 0 Å². The first-order chi connectivity index (χ1) is 8.19. The minimum atomic E-state index is 0.555. The number of thioether (sulfide) groups is 1. The van der Waals surface area contributed by atoms with Crippen LogP contribution in [0.15, 0.2) is 18.3 Å². The molecule has 1 rings (SSSR count). The summed E-state index contributed by atoms with van der Waals surface area (Å²) in [7, 11) is 2.15.